The Morgan fingerprint density at radius 2 is 1.85 bits per heavy atom. The summed E-state index contributed by atoms with van der Waals surface area (Å²) in [4.78, 5) is 17.1. The monoisotopic (exact) mass is 365 g/mol. The molecular formula is C22H27N3O2. The summed E-state index contributed by atoms with van der Waals surface area (Å²) in [5.41, 5.74) is 5.85. The largest absolute Gasteiger partial charge is 0.378 e. The maximum Gasteiger partial charge on any atom is 0.243 e. The SMILES string of the molecule is Cc1ccc2c(c1)CCCN2CC(=O)Nc1ccc(N2CCOCC2)cc1. The molecular weight excluding hydrogens is 338 g/mol. The lowest BCUT2D eigenvalue weighted by atomic mass is 9.99. The molecule has 2 aliphatic rings. The average molecular weight is 365 g/mol. The van der Waals surface area contributed by atoms with E-state index in [9.17, 15) is 4.79 Å². The number of hydrogen-bond acceptors (Lipinski definition) is 4. The van der Waals surface area contributed by atoms with E-state index < -0.39 is 0 Å². The van der Waals surface area contributed by atoms with Crippen molar-refractivity contribution < 1.29 is 9.53 Å². The molecule has 27 heavy (non-hydrogen) atoms. The molecule has 0 radical (unpaired) electrons. The molecule has 2 aliphatic heterocycles. The first kappa shape index (κ1) is 17.9. The minimum Gasteiger partial charge on any atom is -0.378 e. The van der Waals surface area contributed by atoms with Gasteiger partial charge in [0, 0.05) is 36.7 Å². The minimum atomic E-state index is 0.0301. The molecule has 1 saturated heterocycles. The van der Waals surface area contributed by atoms with Crippen molar-refractivity contribution in [3.05, 3.63) is 53.6 Å². The maximum atomic E-state index is 12.6. The smallest absolute Gasteiger partial charge is 0.243 e. The van der Waals surface area contributed by atoms with Crippen LogP contribution in [0.2, 0.25) is 0 Å². The number of fused-ring (bicyclic) bond motifs is 1. The summed E-state index contributed by atoms with van der Waals surface area (Å²) in [7, 11) is 0. The van der Waals surface area contributed by atoms with Crippen LogP contribution in [0.1, 0.15) is 17.5 Å². The second kappa shape index (κ2) is 8.01. The molecule has 5 nitrogen and oxygen atoms in total. The van der Waals surface area contributed by atoms with Crippen LogP contribution < -0.4 is 15.1 Å². The zero-order valence-electron chi connectivity index (χ0n) is 15.9. The van der Waals surface area contributed by atoms with Crippen LogP contribution in [-0.4, -0.2) is 45.3 Å². The number of ether oxygens (including phenoxy) is 1. The lowest BCUT2D eigenvalue weighted by Crippen LogP contribution is -2.37. The van der Waals surface area contributed by atoms with Crippen molar-refractivity contribution in [3.8, 4) is 0 Å². The number of aryl methyl sites for hydroxylation is 2. The summed E-state index contributed by atoms with van der Waals surface area (Å²) < 4.78 is 5.40. The zero-order valence-corrected chi connectivity index (χ0v) is 15.9. The molecule has 1 N–H and O–H groups in total. The van der Waals surface area contributed by atoms with E-state index in [0.29, 0.717) is 6.54 Å². The first-order chi connectivity index (χ1) is 13.2. The highest BCUT2D eigenvalue weighted by molar-refractivity contribution is 5.94. The van der Waals surface area contributed by atoms with Gasteiger partial charge in [0.15, 0.2) is 0 Å². The van der Waals surface area contributed by atoms with Crippen molar-refractivity contribution in [2.45, 2.75) is 19.8 Å². The predicted molar refractivity (Wildman–Crippen MR) is 110 cm³/mol. The molecule has 0 aromatic heterocycles. The first-order valence-corrected chi connectivity index (χ1v) is 9.76. The molecule has 0 saturated carbocycles. The second-order valence-electron chi connectivity index (χ2n) is 7.35. The van der Waals surface area contributed by atoms with Crippen molar-refractivity contribution in [1.29, 1.82) is 0 Å². The Bertz CT molecular complexity index is 798. The first-order valence-electron chi connectivity index (χ1n) is 9.76. The van der Waals surface area contributed by atoms with E-state index in [1.54, 1.807) is 0 Å². The van der Waals surface area contributed by atoms with Crippen molar-refractivity contribution >= 4 is 23.0 Å². The number of nitrogens with zero attached hydrogens (tertiary/aromatic N) is 2. The van der Waals surface area contributed by atoms with Gasteiger partial charge in [-0.05, 0) is 55.7 Å². The van der Waals surface area contributed by atoms with Gasteiger partial charge in [-0.25, -0.2) is 0 Å². The summed E-state index contributed by atoms with van der Waals surface area (Å²) in [6.45, 7) is 6.82. The molecule has 2 heterocycles. The van der Waals surface area contributed by atoms with E-state index in [0.717, 1.165) is 51.4 Å². The number of nitrogens with one attached hydrogen (secondary N) is 1. The molecule has 5 heteroatoms. The Balaban J connectivity index is 1.37. The van der Waals surface area contributed by atoms with Crippen LogP contribution in [0.5, 0.6) is 0 Å². The normalized spacial score (nSPS) is 16.8. The molecule has 142 valence electrons. The third kappa shape index (κ3) is 4.25. The Morgan fingerprint density at radius 1 is 1.07 bits per heavy atom. The fourth-order valence-electron chi connectivity index (χ4n) is 3.92. The van der Waals surface area contributed by atoms with Gasteiger partial charge in [-0.15, -0.1) is 0 Å². The van der Waals surface area contributed by atoms with Gasteiger partial charge >= 0.3 is 0 Å². The zero-order chi connectivity index (χ0) is 18.6. The number of carbonyl (C=O) groups is 1. The second-order valence-corrected chi connectivity index (χ2v) is 7.35. The van der Waals surface area contributed by atoms with Crippen LogP contribution in [0, 0.1) is 6.92 Å². The molecule has 1 amide bonds. The van der Waals surface area contributed by atoms with E-state index in [-0.39, 0.29) is 5.91 Å². The highest BCUT2D eigenvalue weighted by atomic mass is 16.5. The van der Waals surface area contributed by atoms with Crippen molar-refractivity contribution in [2.75, 3.05) is 54.5 Å². The molecule has 2 aromatic carbocycles. The van der Waals surface area contributed by atoms with Gasteiger partial charge in [-0.1, -0.05) is 17.7 Å². The molecule has 4 rings (SSSR count). The topological polar surface area (TPSA) is 44.8 Å². The van der Waals surface area contributed by atoms with Gasteiger partial charge in [0.1, 0.15) is 0 Å². The Labute approximate surface area is 160 Å². The van der Waals surface area contributed by atoms with E-state index in [2.05, 4.69) is 52.4 Å². The number of amides is 1. The average Bonchev–Trinajstić information content (AvgIpc) is 2.69. The summed E-state index contributed by atoms with van der Waals surface area (Å²) in [5, 5.41) is 3.04. The lowest BCUT2D eigenvalue weighted by molar-refractivity contribution is -0.115. The number of rotatable bonds is 4. The van der Waals surface area contributed by atoms with Crippen LogP contribution in [0.4, 0.5) is 17.1 Å². The van der Waals surface area contributed by atoms with E-state index in [4.69, 9.17) is 4.74 Å². The number of carbonyl (C=O) groups excluding carboxylic acids is 1. The Kier molecular flexibility index (Phi) is 5.30. The molecule has 0 aliphatic carbocycles. The third-order valence-electron chi connectivity index (χ3n) is 5.31. The van der Waals surface area contributed by atoms with Crippen LogP contribution in [0.25, 0.3) is 0 Å². The van der Waals surface area contributed by atoms with Crippen LogP contribution in [-0.2, 0) is 16.0 Å². The molecule has 2 aromatic rings. The minimum absolute atomic E-state index is 0.0301. The Hall–Kier alpha value is -2.53. The fraction of sp³-hybridized carbons (Fsp3) is 0.409. The molecule has 0 spiro atoms. The van der Waals surface area contributed by atoms with Gasteiger partial charge < -0.3 is 19.9 Å². The predicted octanol–water partition coefficient (Wildman–Crippen LogP) is 3.22. The maximum absolute atomic E-state index is 12.6. The highest BCUT2D eigenvalue weighted by Crippen LogP contribution is 2.28. The van der Waals surface area contributed by atoms with Gasteiger partial charge in [-0.3, -0.25) is 4.79 Å². The summed E-state index contributed by atoms with van der Waals surface area (Å²) in [6, 6.07) is 14.6. The lowest BCUT2D eigenvalue weighted by Gasteiger charge is -2.31. The van der Waals surface area contributed by atoms with E-state index in [1.165, 1.54) is 22.5 Å². The van der Waals surface area contributed by atoms with Gasteiger partial charge in [0.25, 0.3) is 0 Å². The molecule has 1 fully saturated rings. The molecule has 0 atom stereocenters. The van der Waals surface area contributed by atoms with Gasteiger partial charge in [-0.2, -0.15) is 0 Å². The quantitative estimate of drug-likeness (QED) is 0.904. The van der Waals surface area contributed by atoms with Gasteiger partial charge in [0.05, 0.1) is 19.8 Å². The number of morpholine rings is 1. The number of anilines is 3. The molecule has 0 unspecified atom stereocenters. The van der Waals surface area contributed by atoms with E-state index in [1.807, 2.05) is 12.1 Å². The van der Waals surface area contributed by atoms with Crippen LogP contribution >= 0.6 is 0 Å². The summed E-state index contributed by atoms with van der Waals surface area (Å²) in [5.74, 6) is 0.0301. The highest BCUT2D eigenvalue weighted by Gasteiger charge is 2.19. The van der Waals surface area contributed by atoms with Crippen molar-refractivity contribution in [3.63, 3.8) is 0 Å². The fourth-order valence-corrected chi connectivity index (χ4v) is 3.92. The standard InChI is InChI=1S/C22H27N3O2/c1-17-4-9-21-18(15-17)3-2-10-25(21)16-22(26)23-19-5-7-20(8-6-19)24-11-13-27-14-12-24/h4-9,15H,2-3,10-14,16H2,1H3,(H,23,26). The molecule has 0 bridgehead atoms. The summed E-state index contributed by atoms with van der Waals surface area (Å²) >= 11 is 0. The Morgan fingerprint density at radius 3 is 2.63 bits per heavy atom. The van der Waals surface area contributed by atoms with Crippen molar-refractivity contribution in [1.82, 2.24) is 0 Å². The summed E-state index contributed by atoms with van der Waals surface area (Å²) in [6.07, 6.45) is 2.19. The van der Waals surface area contributed by atoms with E-state index >= 15 is 0 Å². The number of benzene rings is 2. The van der Waals surface area contributed by atoms with Crippen molar-refractivity contribution in [2.24, 2.45) is 0 Å². The third-order valence-corrected chi connectivity index (χ3v) is 5.31. The van der Waals surface area contributed by atoms with Crippen LogP contribution in [0.15, 0.2) is 42.5 Å². The van der Waals surface area contributed by atoms with Crippen LogP contribution in [0.3, 0.4) is 0 Å². The van der Waals surface area contributed by atoms with Gasteiger partial charge in [0.2, 0.25) is 5.91 Å². The number of hydrogen-bond donors (Lipinski definition) is 1.